The van der Waals surface area contributed by atoms with E-state index in [-0.39, 0.29) is 17.3 Å². The van der Waals surface area contributed by atoms with E-state index in [1.807, 2.05) is 0 Å². The second kappa shape index (κ2) is 4.99. The van der Waals surface area contributed by atoms with Crippen molar-refractivity contribution in [3.63, 3.8) is 0 Å². The third kappa shape index (κ3) is 2.25. The number of carbonyl (C=O) groups excluding carboxylic acids is 1. The molecule has 0 aromatic heterocycles. The second-order valence-electron chi connectivity index (χ2n) is 6.21. The molecule has 104 valence electrons. The highest BCUT2D eigenvalue weighted by Crippen LogP contribution is 2.44. The number of nitrogens with two attached hydrogens (primary N) is 1. The molecule has 1 saturated carbocycles. The molecule has 2 N–H and O–H groups in total. The fraction of sp³-hybridized carbons (Fsp3) is 0.857. The summed E-state index contributed by atoms with van der Waals surface area (Å²) >= 11 is 1.72. The van der Waals surface area contributed by atoms with Gasteiger partial charge in [0.25, 0.3) is 0 Å². The van der Waals surface area contributed by atoms with Crippen LogP contribution in [-0.2, 0) is 4.79 Å². The van der Waals surface area contributed by atoms with Gasteiger partial charge < -0.3 is 10.6 Å². The summed E-state index contributed by atoms with van der Waals surface area (Å²) in [7, 11) is 0. The molecule has 0 bridgehead atoms. The molecule has 19 heavy (non-hydrogen) atoms. The van der Waals surface area contributed by atoms with Crippen molar-refractivity contribution in [2.75, 3.05) is 5.75 Å². The van der Waals surface area contributed by atoms with E-state index in [1.54, 1.807) is 16.7 Å². The number of amides is 1. The molecular weight excluding hydrogens is 258 g/mol. The van der Waals surface area contributed by atoms with Crippen LogP contribution in [0.2, 0.25) is 0 Å². The van der Waals surface area contributed by atoms with Crippen molar-refractivity contribution >= 4 is 17.7 Å². The van der Waals surface area contributed by atoms with Crippen LogP contribution >= 0.6 is 11.8 Å². The molecule has 0 radical (unpaired) electrons. The van der Waals surface area contributed by atoms with Crippen LogP contribution in [0.5, 0.6) is 0 Å². The molecule has 1 aliphatic carbocycles. The van der Waals surface area contributed by atoms with E-state index >= 15 is 0 Å². The lowest BCUT2D eigenvalue weighted by Gasteiger charge is -2.30. The van der Waals surface area contributed by atoms with Crippen molar-refractivity contribution in [3.8, 4) is 6.07 Å². The Morgan fingerprint density at radius 3 is 2.84 bits per heavy atom. The molecule has 3 rings (SSSR count). The lowest BCUT2D eigenvalue weighted by molar-refractivity contribution is -0.133. The minimum Gasteiger partial charge on any atom is -0.317 e. The van der Waals surface area contributed by atoms with Crippen LogP contribution in [0, 0.1) is 17.2 Å². The van der Waals surface area contributed by atoms with Crippen LogP contribution < -0.4 is 5.73 Å². The van der Waals surface area contributed by atoms with Crippen molar-refractivity contribution in [3.05, 3.63) is 0 Å². The molecule has 2 aliphatic heterocycles. The Morgan fingerprint density at radius 1 is 1.42 bits per heavy atom. The number of hydrogen-bond acceptors (Lipinski definition) is 4. The van der Waals surface area contributed by atoms with E-state index in [4.69, 9.17) is 11.0 Å². The highest BCUT2D eigenvalue weighted by Gasteiger charge is 2.55. The fourth-order valence-corrected chi connectivity index (χ4v) is 5.28. The first kappa shape index (κ1) is 13.3. The number of thioether (sulfide) groups is 1. The molecule has 1 amide bonds. The molecule has 2 saturated heterocycles. The molecule has 3 aliphatic rings. The molecule has 0 aromatic carbocycles. The van der Waals surface area contributed by atoms with E-state index < -0.39 is 5.54 Å². The third-order valence-electron chi connectivity index (χ3n) is 4.82. The summed E-state index contributed by atoms with van der Waals surface area (Å²) in [4.78, 5) is 14.3. The fourth-order valence-electron chi connectivity index (χ4n) is 3.83. The zero-order valence-electron chi connectivity index (χ0n) is 11.2. The topological polar surface area (TPSA) is 70.1 Å². The van der Waals surface area contributed by atoms with Gasteiger partial charge >= 0.3 is 0 Å². The van der Waals surface area contributed by atoms with Gasteiger partial charge in [0.1, 0.15) is 6.04 Å². The Morgan fingerprint density at radius 2 is 2.16 bits per heavy atom. The van der Waals surface area contributed by atoms with Gasteiger partial charge in [0.2, 0.25) is 5.91 Å². The highest BCUT2D eigenvalue weighted by atomic mass is 32.2. The summed E-state index contributed by atoms with van der Waals surface area (Å²) in [6, 6.07) is 1.97. The third-order valence-corrected chi connectivity index (χ3v) is 6.11. The number of nitriles is 1. The van der Waals surface area contributed by atoms with Crippen molar-refractivity contribution in [2.45, 2.75) is 61.9 Å². The van der Waals surface area contributed by atoms with Gasteiger partial charge in [-0.1, -0.05) is 32.1 Å². The lowest BCUT2D eigenvalue weighted by atomic mass is 9.79. The van der Waals surface area contributed by atoms with Crippen LogP contribution in [0.1, 0.15) is 44.9 Å². The average Bonchev–Trinajstić information content (AvgIpc) is 2.90. The second-order valence-corrected chi connectivity index (χ2v) is 7.42. The van der Waals surface area contributed by atoms with Crippen molar-refractivity contribution in [1.29, 1.82) is 5.26 Å². The van der Waals surface area contributed by atoms with E-state index in [2.05, 4.69) is 6.07 Å². The van der Waals surface area contributed by atoms with Crippen molar-refractivity contribution < 1.29 is 4.79 Å². The monoisotopic (exact) mass is 279 g/mol. The maximum atomic E-state index is 12.6. The normalized spacial score (nSPS) is 39.4. The van der Waals surface area contributed by atoms with Gasteiger partial charge in [-0.3, -0.25) is 4.79 Å². The minimum absolute atomic E-state index is 0.0274. The first-order valence-electron chi connectivity index (χ1n) is 7.27. The first-order chi connectivity index (χ1) is 9.14. The Kier molecular flexibility index (Phi) is 3.48. The molecular formula is C14H21N3OS. The summed E-state index contributed by atoms with van der Waals surface area (Å²) < 4.78 is 0. The molecule has 0 spiro atoms. The summed E-state index contributed by atoms with van der Waals surface area (Å²) in [5, 5.41) is 9.27. The number of hydrogen-bond donors (Lipinski definition) is 1. The van der Waals surface area contributed by atoms with Crippen molar-refractivity contribution in [1.82, 2.24) is 4.90 Å². The summed E-state index contributed by atoms with van der Waals surface area (Å²) in [5.74, 6) is 1.37. The van der Waals surface area contributed by atoms with Crippen LogP contribution in [0.4, 0.5) is 0 Å². The van der Waals surface area contributed by atoms with E-state index in [0.29, 0.717) is 5.92 Å². The van der Waals surface area contributed by atoms with Gasteiger partial charge in [0.15, 0.2) is 0 Å². The summed E-state index contributed by atoms with van der Waals surface area (Å²) in [5.41, 5.74) is 5.73. The summed E-state index contributed by atoms with van der Waals surface area (Å²) in [6.45, 7) is 0. The number of carbonyl (C=O) groups is 1. The van der Waals surface area contributed by atoms with Gasteiger partial charge in [-0.25, -0.2) is 0 Å². The number of rotatable bonds is 2. The molecule has 5 heteroatoms. The first-order valence-corrected chi connectivity index (χ1v) is 8.32. The molecule has 0 unspecified atom stereocenters. The Hall–Kier alpha value is -0.730. The van der Waals surface area contributed by atoms with Gasteiger partial charge in [-0.05, 0) is 12.3 Å². The maximum Gasteiger partial charge on any atom is 0.244 e. The van der Waals surface area contributed by atoms with Gasteiger partial charge in [0, 0.05) is 12.2 Å². The smallest absolute Gasteiger partial charge is 0.244 e. The van der Waals surface area contributed by atoms with E-state index in [1.165, 1.54) is 32.1 Å². The quantitative estimate of drug-likeness (QED) is 0.837. The van der Waals surface area contributed by atoms with Crippen LogP contribution in [0.25, 0.3) is 0 Å². The average molecular weight is 279 g/mol. The SMILES string of the molecule is N#C[C@@H]1CS[C@H]2C[C@](N)(CC3CCCCC3)C(=O)N12. The predicted octanol–water partition coefficient (Wildman–Crippen LogP) is 1.85. The molecule has 3 fully saturated rings. The molecule has 0 aromatic rings. The van der Waals surface area contributed by atoms with E-state index in [0.717, 1.165) is 18.6 Å². The van der Waals surface area contributed by atoms with Crippen LogP contribution in [-0.4, -0.2) is 33.5 Å². The molecule has 2 heterocycles. The Labute approximate surface area is 118 Å². The summed E-state index contributed by atoms with van der Waals surface area (Å²) in [6.07, 6.45) is 7.85. The van der Waals surface area contributed by atoms with Crippen molar-refractivity contribution in [2.24, 2.45) is 11.7 Å². The van der Waals surface area contributed by atoms with Gasteiger partial charge in [-0.15, -0.1) is 11.8 Å². The van der Waals surface area contributed by atoms with E-state index in [9.17, 15) is 4.79 Å². The zero-order valence-corrected chi connectivity index (χ0v) is 12.0. The molecule has 4 nitrogen and oxygen atoms in total. The number of nitrogens with zero attached hydrogens (tertiary/aromatic N) is 2. The highest BCUT2D eigenvalue weighted by molar-refractivity contribution is 8.00. The van der Waals surface area contributed by atoms with Gasteiger partial charge in [0.05, 0.1) is 17.0 Å². The minimum atomic E-state index is -0.699. The Balaban J connectivity index is 1.71. The zero-order chi connectivity index (χ0) is 13.5. The maximum absolute atomic E-state index is 12.6. The van der Waals surface area contributed by atoms with Crippen LogP contribution in [0.15, 0.2) is 0 Å². The predicted molar refractivity (Wildman–Crippen MR) is 75.2 cm³/mol. The lowest BCUT2D eigenvalue weighted by Crippen LogP contribution is -2.51. The molecule has 3 atom stereocenters. The van der Waals surface area contributed by atoms with Gasteiger partial charge in [-0.2, -0.15) is 5.26 Å². The standard InChI is InChI=1S/C14H21N3OS/c15-8-11-9-19-12-7-14(16,13(18)17(11)12)6-10-4-2-1-3-5-10/h10-12H,1-7,9,16H2/t11-,12+,14-/m1/s1. The number of fused-ring (bicyclic) bond motifs is 1. The van der Waals surface area contributed by atoms with Crippen LogP contribution in [0.3, 0.4) is 0 Å². The largest absolute Gasteiger partial charge is 0.317 e. The Bertz CT molecular complexity index is 415.